The summed E-state index contributed by atoms with van der Waals surface area (Å²) in [5, 5.41) is 9.12. The number of aliphatic imine (C=N–C) groups is 1. The summed E-state index contributed by atoms with van der Waals surface area (Å²) in [4.78, 5) is 43.4. The number of likely N-dealkylation sites (tertiary alicyclic amines) is 1. The largest absolute Gasteiger partial charge is 0.357 e. The molecule has 158 valence electrons. The number of piperidine rings is 1. The molecule has 2 fully saturated rings. The normalized spacial score (nSPS) is 18.6. The molecule has 0 aromatic carbocycles. The van der Waals surface area contributed by atoms with Crippen LogP contribution >= 0.6 is 0 Å². The fourth-order valence-electron chi connectivity index (χ4n) is 3.60. The van der Waals surface area contributed by atoms with Crippen LogP contribution in [0.4, 0.5) is 4.79 Å². The smallest absolute Gasteiger partial charge is 0.324 e. The van der Waals surface area contributed by atoms with E-state index in [0.717, 1.165) is 45.3 Å². The van der Waals surface area contributed by atoms with Crippen LogP contribution in [0.5, 0.6) is 0 Å². The molecule has 0 aromatic heterocycles. The Hall–Kier alpha value is -2.32. The minimum atomic E-state index is -0.354. The number of urea groups is 1. The van der Waals surface area contributed by atoms with Crippen LogP contribution in [0.3, 0.4) is 0 Å². The molecule has 28 heavy (non-hydrogen) atoms. The van der Waals surface area contributed by atoms with Gasteiger partial charge < -0.3 is 20.9 Å². The Kier molecular flexibility index (Phi) is 8.53. The maximum Gasteiger partial charge on any atom is 0.324 e. The van der Waals surface area contributed by atoms with Crippen LogP contribution < -0.4 is 16.0 Å². The molecule has 0 radical (unpaired) electrons. The third-order valence-electron chi connectivity index (χ3n) is 5.36. The molecular weight excluding hydrogens is 360 g/mol. The third-order valence-corrected chi connectivity index (χ3v) is 5.36. The van der Waals surface area contributed by atoms with Gasteiger partial charge in [-0.3, -0.25) is 19.5 Å². The van der Waals surface area contributed by atoms with Gasteiger partial charge in [0.05, 0.1) is 19.6 Å². The van der Waals surface area contributed by atoms with Crippen molar-refractivity contribution in [2.45, 2.75) is 52.5 Å². The lowest BCUT2D eigenvalue weighted by Crippen LogP contribution is -2.50. The lowest BCUT2D eigenvalue weighted by atomic mass is 9.98. The second kappa shape index (κ2) is 10.9. The van der Waals surface area contributed by atoms with Gasteiger partial charge in [0, 0.05) is 31.6 Å². The molecular formula is C19H34N6O3. The number of guanidine groups is 1. The van der Waals surface area contributed by atoms with Crippen LogP contribution in [0.2, 0.25) is 0 Å². The summed E-state index contributed by atoms with van der Waals surface area (Å²) in [6, 6.07) is -0.104. The zero-order chi connectivity index (χ0) is 20.5. The molecule has 0 spiro atoms. The fraction of sp³-hybridized carbons (Fsp3) is 0.789. The minimum absolute atomic E-state index is 0.0646. The minimum Gasteiger partial charge on any atom is -0.357 e. The van der Waals surface area contributed by atoms with Gasteiger partial charge in [0.2, 0.25) is 11.8 Å². The number of nitrogens with one attached hydrogen (secondary N) is 3. The van der Waals surface area contributed by atoms with Gasteiger partial charge in [0.15, 0.2) is 5.96 Å². The number of hydrogen-bond acceptors (Lipinski definition) is 4. The van der Waals surface area contributed by atoms with Crippen molar-refractivity contribution in [1.82, 2.24) is 25.8 Å². The number of hydrogen-bond donors (Lipinski definition) is 3. The fourth-order valence-corrected chi connectivity index (χ4v) is 3.60. The highest BCUT2D eigenvalue weighted by Gasteiger charge is 2.28. The lowest BCUT2D eigenvalue weighted by molar-refractivity contribution is -0.136. The standard InChI is InChI=1S/C19H34N6O3/c1-4-14(5-2)17(27)24-10-7-15(8-11-24)23-18(20-6-3)21-9-12-25-16(26)13-22-19(25)28/h14-15H,4-13H2,1-3H3,(H,22,28)(H2,20,21,23). The van der Waals surface area contributed by atoms with Gasteiger partial charge in [-0.05, 0) is 32.6 Å². The number of rotatable bonds is 8. The molecule has 9 nitrogen and oxygen atoms in total. The Morgan fingerprint density at radius 2 is 1.89 bits per heavy atom. The monoisotopic (exact) mass is 394 g/mol. The van der Waals surface area contributed by atoms with E-state index in [4.69, 9.17) is 0 Å². The van der Waals surface area contributed by atoms with E-state index in [-0.39, 0.29) is 42.9 Å². The Morgan fingerprint density at radius 1 is 1.21 bits per heavy atom. The Morgan fingerprint density at radius 3 is 2.43 bits per heavy atom. The topological polar surface area (TPSA) is 106 Å². The SMILES string of the molecule is CCNC(=NCCN1C(=O)CNC1=O)NC1CCN(C(=O)C(CC)CC)CC1. The molecule has 2 heterocycles. The van der Waals surface area contributed by atoms with Crippen LogP contribution in [-0.2, 0) is 9.59 Å². The van der Waals surface area contributed by atoms with E-state index in [1.807, 2.05) is 11.8 Å². The Labute approximate surface area is 167 Å². The lowest BCUT2D eigenvalue weighted by Gasteiger charge is -2.34. The van der Waals surface area contributed by atoms with Crippen LogP contribution in [0.25, 0.3) is 0 Å². The van der Waals surface area contributed by atoms with Gasteiger partial charge in [-0.1, -0.05) is 13.8 Å². The van der Waals surface area contributed by atoms with Crippen molar-refractivity contribution in [3.63, 3.8) is 0 Å². The molecule has 0 unspecified atom stereocenters. The van der Waals surface area contributed by atoms with Crippen molar-refractivity contribution in [2.75, 3.05) is 39.3 Å². The average Bonchev–Trinajstić information content (AvgIpc) is 3.01. The summed E-state index contributed by atoms with van der Waals surface area (Å²) in [5.74, 6) is 0.874. The molecule has 2 aliphatic rings. The number of imide groups is 1. The first-order valence-corrected chi connectivity index (χ1v) is 10.4. The first-order chi connectivity index (χ1) is 13.5. The number of carbonyl (C=O) groups is 3. The highest BCUT2D eigenvalue weighted by molar-refractivity contribution is 6.01. The van der Waals surface area contributed by atoms with E-state index < -0.39 is 0 Å². The van der Waals surface area contributed by atoms with Gasteiger partial charge in [-0.15, -0.1) is 0 Å². The molecule has 3 N–H and O–H groups in total. The first-order valence-electron chi connectivity index (χ1n) is 10.4. The molecule has 2 aliphatic heterocycles. The summed E-state index contributed by atoms with van der Waals surface area (Å²) >= 11 is 0. The van der Waals surface area contributed by atoms with Crippen molar-refractivity contribution in [3.05, 3.63) is 0 Å². The van der Waals surface area contributed by atoms with Gasteiger partial charge >= 0.3 is 6.03 Å². The second-order valence-electron chi connectivity index (χ2n) is 7.22. The van der Waals surface area contributed by atoms with Gasteiger partial charge in [-0.2, -0.15) is 0 Å². The van der Waals surface area contributed by atoms with E-state index in [1.54, 1.807) is 0 Å². The number of amides is 4. The summed E-state index contributed by atoms with van der Waals surface area (Å²) < 4.78 is 0. The van der Waals surface area contributed by atoms with Crippen molar-refractivity contribution < 1.29 is 14.4 Å². The highest BCUT2D eigenvalue weighted by atomic mass is 16.2. The van der Waals surface area contributed by atoms with Crippen LogP contribution in [0, 0.1) is 5.92 Å². The summed E-state index contributed by atoms with van der Waals surface area (Å²) in [7, 11) is 0. The summed E-state index contributed by atoms with van der Waals surface area (Å²) in [5.41, 5.74) is 0. The quantitative estimate of drug-likeness (QED) is 0.316. The van der Waals surface area contributed by atoms with Crippen molar-refractivity contribution >= 4 is 23.8 Å². The molecule has 0 aliphatic carbocycles. The first kappa shape index (κ1) is 22.0. The number of nitrogens with zero attached hydrogens (tertiary/aromatic N) is 3. The molecule has 0 bridgehead atoms. The van der Waals surface area contributed by atoms with E-state index in [9.17, 15) is 14.4 Å². The molecule has 0 atom stereocenters. The summed E-state index contributed by atoms with van der Waals surface area (Å²) in [6.07, 6.45) is 3.54. The molecule has 9 heteroatoms. The van der Waals surface area contributed by atoms with Gasteiger partial charge in [0.25, 0.3) is 0 Å². The van der Waals surface area contributed by atoms with E-state index in [0.29, 0.717) is 12.5 Å². The second-order valence-corrected chi connectivity index (χ2v) is 7.22. The highest BCUT2D eigenvalue weighted by Crippen LogP contribution is 2.17. The maximum absolute atomic E-state index is 12.5. The van der Waals surface area contributed by atoms with Crippen LogP contribution in [-0.4, -0.2) is 78.9 Å². The summed E-state index contributed by atoms with van der Waals surface area (Å²) in [6.45, 7) is 9.05. The zero-order valence-corrected chi connectivity index (χ0v) is 17.3. The van der Waals surface area contributed by atoms with Crippen LogP contribution in [0.1, 0.15) is 46.5 Å². The predicted molar refractivity (Wildman–Crippen MR) is 108 cm³/mol. The van der Waals surface area contributed by atoms with E-state index >= 15 is 0 Å². The van der Waals surface area contributed by atoms with Gasteiger partial charge in [-0.25, -0.2) is 4.79 Å². The van der Waals surface area contributed by atoms with Gasteiger partial charge in [0.1, 0.15) is 0 Å². The molecule has 4 amide bonds. The Balaban J connectivity index is 1.81. The molecule has 0 saturated carbocycles. The number of carbonyl (C=O) groups excluding carboxylic acids is 3. The van der Waals surface area contributed by atoms with Crippen molar-refractivity contribution in [1.29, 1.82) is 0 Å². The molecule has 0 aromatic rings. The zero-order valence-electron chi connectivity index (χ0n) is 17.3. The predicted octanol–water partition coefficient (Wildman–Crippen LogP) is 0.521. The van der Waals surface area contributed by atoms with E-state index in [1.165, 1.54) is 4.90 Å². The Bertz CT molecular complexity index is 566. The van der Waals surface area contributed by atoms with Crippen molar-refractivity contribution in [2.24, 2.45) is 10.9 Å². The van der Waals surface area contributed by atoms with Crippen LogP contribution in [0.15, 0.2) is 4.99 Å². The molecule has 2 rings (SSSR count). The third kappa shape index (κ3) is 5.84. The van der Waals surface area contributed by atoms with Crippen molar-refractivity contribution in [3.8, 4) is 0 Å². The molecule has 2 saturated heterocycles. The average molecular weight is 395 g/mol. The van der Waals surface area contributed by atoms with E-state index in [2.05, 4.69) is 34.8 Å². The maximum atomic E-state index is 12.5.